The molecule has 0 bridgehead atoms. The molecule has 1 aromatic carbocycles. The molecular weight excluding hydrogens is 638 g/mol. The molecule has 0 saturated carbocycles. The number of carbonyl (C=O) groups excluding carboxylic acids is 1. The fraction of sp³-hybridized carbons (Fsp3) is 0.364. The fourth-order valence-corrected chi connectivity index (χ4v) is 9.45. The van der Waals surface area contributed by atoms with Gasteiger partial charge in [0.05, 0.1) is 6.61 Å². The first-order chi connectivity index (χ1) is 16.5. The van der Waals surface area contributed by atoms with Crippen molar-refractivity contribution in [2.45, 2.75) is 13.3 Å². The third-order valence-corrected chi connectivity index (χ3v) is 12.4. The van der Waals surface area contributed by atoms with Crippen molar-refractivity contribution in [3.05, 3.63) is 35.4 Å². The number of phosphoric acid groups is 6. The largest absolute Gasteiger partial charge is 0.490 e. The molecule has 0 heterocycles. The van der Waals surface area contributed by atoms with Crippen molar-refractivity contribution in [2.75, 3.05) is 13.7 Å². The van der Waals surface area contributed by atoms with E-state index in [2.05, 4.69) is 30.6 Å². The lowest BCUT2D eigenvalue weighted by atomic mass is 10.1. The van der Waals surface area contributed by atoms with Crippen LogP contribution in [0.25, 0.3) is 0 Å². The third kappa shape index (κ3) is 14.1. The van der Waals surface area contributed by atoms with Crippen molar-refractivity contribution in [3.63, 3.8) is 0 Å². The summed E-state index contributed by atoms with van der Waals surface area (Å²) in [6.07, 6.45) is -0.521. The van der Waals surface area contributed by atoms with Crippen LogP contribution in [0.3, 0.4) is 0 Å². The zero-order valence-electron chi connectivity index (χ0n) is 18.3. The summed E-state index contributed by atoms with van der Waals surface area (Å²) in [7, 11) is -35.2. The monoisotopic (exact) mass is 658 g/mol. The summed E-state index contributed by atoms with van der Waals surface area (Å²) in [5, 5.41) is 0. The SMILES string of the molecule is COP(=O)(O)OP(=O)(O)OP(=O)(O)OP(=O)(O)OP(=O)(O)OP(=O)(O)OCCC(=O)c1ccc(C)cc1. The summed E-state index contributed by atoms with van der Waals surface area (Å²) >= 11 is 0. The van der Waals surface area contributed by atoms with Gasteiger partial charge in [0.15, 0.2) is 5.78 Å². The van der Waals surface area contributed by atoms with E-state index in [1.54, 1.807) is 19.1 Å². The number of ketones is 1. The Morgan fingerprint density at radius 3 is 1.38 bits per heavy atom. The van der Waals surface area contributed by atoms with Crippen LogP contribution in [-0.2, 0) is 58.0 Å². The molecule has 0 aliphatic carbocycles. The Morgan fingerprint density at radius 1 is 0.649 bits per heavy atom. The summed E-state index contributed by atoms with van der Waals surface area (Å²) in [4.78, 5) is 67.5. The van der Waals surface area contributed by atoms with Gasteiger partial charge in [-0.25, -0.2) is 27.4 Å². The van der Waals surface area contributed by atoms with E-state index in [1.807, 2.05) is 0 Å². The first-order valence-electron chi connectivity index (χ1n) is 8.81. The molecule has 6 unspecified atom stereocenters. The van der Waals surface area contributed by atoms with Gasteiger partial charge in [-0.05, 0) is 6.92 Å². The molecule has 0 radical (unpaired) electrons. The number of phosphoric ester groups is 2. The molecule has 26 heteroatoms. The van der Waals surface area contributed by atoms with Gasteiger partial charge in [-0.3, -0.25) is 13.8 Å². The maximum Gasteiger partial charge on any atom is 0.490 e. The number of benzene rings is 1. The number of hydrogen-bond donors (Lipinski definition) is 6. The van der Waals surface area contributed by atoms with Crippen LogP contribution in [0.5, 0.6) is 0 Å². The predicted octanol–water partition coefficient (Wildman–Crippen LogP) is 2.92. The molecule has 6 N–H and O–H groups in total. The minimum Gasteiger partial charge on any atom is -0.302 e. The lowest BCUT2D eigenvalue weighted by molar-refractivity contribution is 0.0951. The summed E-state index contributed by atoms with van der Waals surface area (Å²) in [6, 6.07) is 6.12. The molecule has 0 saturated heterocycles. The Morgan fingerprint density at radius 2 is 1.00 bits per heavy atom. The average Bonchev–Trinajstić information content (AvgIpc) is 2.63. The van der Waals surface area contributed by atoms with Gasteiger partial charge >= 0.3 is 46.9 Å². The quantitative estimate of drug-likeness (QED) is 0.110. The lowest BCUT2D eigenvalue weighted by Gasteiger charge is -2.20. The molecule has 0 aromatic heterocycles. The Labute approximate surface area is 207 Å². The van der Waals surface area contributed by atoms with E-state index in [-0.39, 0.29) is 5.56 Å². The van der Waals surface area contributed by atoms with Gasteiger partial charge in [0, 0.05) is 19.1 Å². The molecular formula is C11H20O20P6. The number of carbonyl (C=O) groups is 1. The van der Waals surface area contributed by atoms with Gasteiger partial charge in [-0.2, -0.15) is 21.6 Å². The van der Waals surface area contributed by atoms with E-state index >= 15 is 0 Å². The van der Waals surface area contributed by atoms with Crippen molar-refractivity contribution in [3.8, 4) is 0 Å². The van der Waals surface area contributed by atoms with E-state index in [1.165, 1.54) is 12.1 Å². The van der Waals surface area contributed by atoms with Gasteiger partial charge in [-0.15, -0.1) is 0 Å². The number of rotatable bonds is 16. The highest BCUT2D eigenvalue weighted by atomic mass is 31.3. The average molecular weight is 658 g/mol. The van der Waals surface area contributed by atoms with E-state index in [9.17, 15) is 51.8 Å². The second-order valence-electron chi connectivity index (χ2n) is 6.27. The smallest absolute Gasteiger partial charge is 0.302 e. The minimum absolute atomic E-state index is 0.204. The second kappa shape index (κ2) is 12.9. The van der Waals surface area contributed by atoms with Crippen LogP contribution in [0.15, 0.2) is 24.3 Å². The summed E-state index contributed by atoms with van der Waals surface area (Å²) in [5.41, 5.74) is 1.05. The molecule has 0 aliphatic heterocycles. The van der Waals surface area contributed by atoms with Gasteiger partial charge in [0.25, 0.3) is 0 Å². The van der Waals surface area contributed by atoms with Crippen LogP contribution in [-0.4, -0.2) is 48.9 Å². The van der Waals surface area contributed by atoms with E-state index in [4.69, 9.17) is 9.79 Å². The Balaban J connectivity index is 2.74. The lowest BCUT2D eigenvalue weighted by Crippen LogP contribution is -2.05. The first kappa shape index (κ1) is 34.8. The molecule has 1 rings (SSSR count). The normalized spacial score (nSPS) is 21.8. The van der Waals surface area contributed by atoms with Crippen molar-refractivity contribution in [1.82, 2.24) is 0 Å². The molecule has 0 fully saturated rings. The van der Waals surface area contributed by atoms with Gasteiger partial charge < -0.3 is 29.4 Å². The van der Waals surface area contributed by atoms with E-state index < -0.39 is 65.7 Å². The Kier molecular flexibility index (Phi) is 12.2. The number of aryl methyl sites for hydroxylation is 1. The predicted molar refractivity (Wildman–Crippen MR) is 117 cm³/mol. The molecule has 0 amide bonds. The van der Waals surface area contributed by atoms with E-state index in [0.29, 0.717) is 7.11 Å². The Hall–Kier alpha value is -0.250. The molecule has 0 spiro atoms. The standard InChI is InChI=1S/C11H20O20P6/c1-9-3-5-10(6-4-9)11(12)7-8-26-33(15,16)28-35(19,20)30-37(23,24)31-36(21,22)29-34(17,18)27-32(13,14)25-2/h3-6H,7-8H2,1-2H3,(H,13,14)(H,15,16)(H,17,18)(H,19,20)(H,21,22)(H,23,24). The fourth-order valence-electron chi connectivity index (χ4n) is 1.91. The zero-order chi connectivity index (χ0) is 28.9. The molecule has 214 valence electrons. The number of Topliss-reactive ketones (excluding diaryl/α,β-unsaturated/α-hetero) is 1. The molecule has 0 aliphatic rings. The van der Waals surface area contributed by atoms with Gasteiger partial charge in [0.2, 0.25) is 0 Å². The van der Waals surface area contributed by atoms with Crippen LogP contribution >= 0.6 is 46.9 Å². The van der Waals surface area contributed by atoms with Crippen LogP contribution in [0.2, 0.25) is 0 Å². The summed E-state index contributed by atoms with van der Waals surface area (Å²) in [5.74, 6) is -0.566. The van der Waals surface area contributed by atoms with Crippen LogP contribution < -0.4 is 0 Å². The highest BCUT2D eigenvalue weighted by Crippen LogP contribution is 2.75. The molecule has 1 aromatic rings. The molecule has 6 atom stereocenters. The Bertz CT molecular complexity index is 1260. The van der Waals surface area contributed by atoms with Crippen LogP contribution in [0.1, 0.15) is 22.3 Å². The highest BCUT2D eigenvalue weighted by molar-refractivity contribution is 7.72. The first-order valence-corrected chi connectivity index (χ1v) is 17.8. The topological polar surface area (TPSA) is 305 Å². The summed E-state index contributed by atoms with van der Waals surface area (Å²) < 4.78 is 95.0. The van der Waals surface area contributed by atoms with Crippen molar-refractivity contribution < 1.29 is 92.1 Å². The maximum absolute atomic E-state index is 12.0. The number of hydrogen-bond acceptors (Lipinski definition) is 14. The van der Waals surface area contributed by atoms with E-state index in [0.717, 1.165) is 5.56 Å². The van der Waals surface area contributed by atoms with Gasteiger partial charge in [0.1, 0.15) is 0 Å². The highest BCUT2D eigenvalue weighted by Gasteiger charge is 2.49. The molecule has 20 nitrogen and oxygen atoms in total. The third-order valence-electron chi connectivity index (χ3n) is 3.22. The van der Waals surface area contributed by atoms with Crippen LogP contribution in [0.4, 0.5) is 0 Å². The zero-order valence-corrected chi connectivity index (χ0v) is 23.7. The molecule has 37 heavy (non-hydrogen) atoms. The summed E-state index contributed by atoms with van der Waals surface area (Å²) in [6.45, 7) is 0.904. The van der Waals surface area contributed by atoms with Crippen LogP contribution in [0, 0.1) is 6.92 Å². The van der Waals surface area contributed by atoms with Crippen molar-refractivity contribution in [1.29, 1.82) is 0 Å². The second-order valence-corrected chi connectivity index (χ2v) is 15.8. The van der Waals surface area contributed by atoms with Crippen molar-refractivity contribution >= 4 is 52.7 Å². The minimum atomic E-state index is -6.32. The van der Waals surface area contributed by atoms with Crippen molar-refractivity contribution in [2.24, 2.45) is 0 Å². The maximum atomic E-state index is 12.0. The van der Waals surface area contributed by atoms with Gasteiger partial charge in [-0.1, -0.05) is 29.8 Å².